The number of aliphatic carboxylic acids is 1. The third-order valence-corrected chi connectivity index (χ3v) is 3.67. The molecule has 0 saturated carbocycles. The number of benzene rings is 2. The maximum Gasteiger partial charge on any atom is 0.328 e. The Morgan fingerprint density at radius 1 is 0.909 bits per heavy atom. The molecule has 0 radical (unpaired) electrons. The Kier molecular flexibility index (Phi) is 5.67. The Morgan fingerprint density at radius 3 is 2.14 bits per heavy atom. The molecule has 0 atom stereocenters. The van der Waals surface area contributed by atoms with Gasteiger partial charge < -0.3 is 5.11 Å². The summed E-state index contributed by atoms with van der Waals surface area (Å²) in [5.41, 5.74) is 2.27. The van der Waals surface area contributed by atoms with Gasteiger partial charge in [0.05, 0.1) is 0 Å². The van der Waals surface area contributed by atoms with Gasteiger partial charge in [0.15, 0.2) is 0 Å². The van der Waals surface area contributed by atoms with Gasteiger partial charge >= 0.3 is 5.97 Å². The van der Waals surface area contributed by atoms with Crippen LogP contribution in [-0.4, -0.2) is 11.1 Å². The maximum absolute atomic E-state index is 10.8. The van der Waals surface area contributed by atoms with Gasteiger partial charge in [-0.25, -0.2) is 4.79 Å². The van der Waals surface area contributed by atoms with Gasteiger partial charge in [-0.3, -0.25) is 0 Å². The topological polar surface area (TPSA) is 37.3 Å². The minimum atomic E-state index is -1.03. The predicted octanol–water partition coefficient (Wildman–Crippen LogP) is 5.83. The van der Waals surface area contributed by atoms with Crippen molar-refractivity contribution < 1.29 is 9.90 Å². The van der Waals surface area contributed by atoms with Gasteiger partial charge in [-0.2, -0.15) is 0 Å². The summed E-state index contributed by atoms with van der Waals surface area (Å²) in [6.07, 6.45) is 4.38. The fourth-order valence-electron chi connectivity index (χ4n) is 1.82. The lowest BCUT2D eigenvalue weighted by Crippen LogP contribution is -1.88. The molecule has 112 valence electrons. The molecule has 2 nitrogen and oxygen atoms in total. The quantitative estimate of drug-likeness (QED) is 0.426. The first kappa shape index (κ1) is 16.6. The van der Waals surface area contributed by atoms with Gasteiger partial charge in [0.25, 0.3) is 0 Å². The lowest BCUT2D eigenvalue weighted by Gasteiger charge is -2.05. The van der Waals surface area contributed by atoms with E-state index in [4.69, 9.17) is 39.9 Å². The number of carboxylic acids is 1. The van der Waals surface area contributed by atoms with Gasteiger partial charge in [0, 0.05) is 21.1 Å². The summed E-state index contributed by atoms with van der Waals surface area (Å²) < 4.78 is 0. The van der Waals surface area contributed by atoms with Crippen LogP contribution in [0.4, 0.5) is 0 Å². The first-order valence-electron chi connectivity index (χ1n) is 6.29. The molecule has 2 aromatic carbocycles. The van der Waals surface area contributed by atoms with Crippen LogP contribution in [0.5, 0.6) is 0 Å². The van der Waals surface area contributed by atoms with Crippen molar-refractivity contribution in [1.29, 1.82) is 0 Å². The van der Waals surface area contributed by atoms with E-state index in [1.54, 1.807) is 36.4 Å². The highest BCUT2D eigenvalue weighted by atomic mass is 35.5. The fraction of sp³-hybridized carbons (Fsp3) is 0. The van der Waals surface area contributed by atoms with Gasteiger partial charge in [-0.1, -0.05) is 53.0 Å². The zero-order chi connectivity index (χ0) is 16.1. The van der Waals surface area contributed by atoms with Crippen LogP contribution in [0.25, 0.3) is 11.6 Å². The summed E-state index contributed by atoms with van der Waals surface area (Å²) in [5, 5.41) is 10.5. The molecule has 2 rings (SSSR count). The molecule has 1 N–H and O–H groups in total. The molecule has 0 aliphatic heterocycles. The van der Waals surface area contributed by atoms with E-state index < -0.39 is 5.97 Å². The van der Waals surface area contributed by atoms with Crippen LogP contribution in [0.1, 0.15) is 11.1 Å². The monoisotopic (exact) mass is 352 g/mol. The average molecular weight is 354 g/mol. The zero-order valence-corrected chi connectivity index (χ0v) is 13.5. The Bertz CT molecular complexity index is 747. The highest BCUT2D eigenvalue weighted by molar-refractivity contribution is 6.35. The van der Waals surface area contributed by atoms with Crippen LogP contribution in [-0.2, 0) is 4.79 Å². The number of allylic oxidation sites excluding steroid dienone is 2. The molecule has 0 bridgehead atoms. The van der Waals surface area contributed by atoms with Crippen molar-refractivity contribution in [3.63, 3.8) is 0 Å². The maximum atomic E-state index is 10.8. The Hall–Kier alpha value is -1.74. The van der Waals surface area contributed by atoms with Crippen molar-refractivity contribution in [2.45, 2.75) is 0 Å². The first-order chi connectivity index (χ1) is 10.5. The second kappa shape index (κ2) is 7.50. The average Bonchev–Trinajstić information content (AvgIpc) is 2.46. The van der Waals surface area contributed by atoms with Crippen LogP contribution < -0.4 is 0 Å². The van der Waals surface area contributed by atoms with Crippen LogP contribution >= 0.6 is 34.8 Å². The molecule has 0 unspecified atom stereocenters. The SMILES string of the molecule is O=C(O)/C=C/C(=C/c1ccc(Cl)cc1Cl)c1ccc(Cl)cc1. The van der Waals surface area contributed by atoms with Crippen molar-refractivity contribution in [2.24, 2.45) is 0 Å². The normalized spacial score (nSPS) is 11.9. The number of carbonyl (C=O) groups is 1. The van der Waals surface area contributed by atoms with Crippen LogP contribution in [0, 0.1) is 0 Å². The smallest absolute Gasteiger partial charge is 0.328 e. The van der Waals surface area contributed by atoms with E-state index in [9.17, 15) is 4.79 Å². The summed E-state index contributed by atoms with van der Waals surface area (Å²) in [7, 11) is 0. The van der Waals surface area contributed by atoms with Crippen LogP contribution in [0.2, 0.25) is 15.1 Å². The molecule has 0 aliphatic carbocycles. The van der Waals surface area contributed by atoms with Crippen LogP contribution in [0.15, 0.2) is 54.6 Å². The molecular formula is C17H11Cl3O2. The van der Waals surface area contributed by atoms with Crippen molar-refractivity contribution in [3.8, 4) is 0 Å². The molecule has 0 amide bonds. The number of carboxylic acid groups (broad SMARTS) is 1. The van der Waals surface area contributed by atoms with E-state index in [1.807, 2.05) is 12.1 Å². The highest BCUT2D eigenvalue weighted by Gasteiger charge is 2.03. The summed E-state index contributed by atoms with van der Waals surface area (Å²) in [4.78, 5) is 10.8. The molecule has 0 heterocycles. The van der Waals surface area contributed by atoms with Gasteiger partial charge in [0.1, 0.15) is 0 Å². The minimum absolute atomic E-state index is 0.489. The predicted molar refractivity (Wildman–Crippen MR) is 92.6 cm³/mol. The number of halogens is 3. The van der Waals surface area contributed by atoms with E-state index in [1.165, 1.54) is 6.08 Å². The largest absolute Gasteiger partial charge is 0.478 e. The van der Waals surface area contributed by atoms with Gasteiger partial charge in [-0.15, -0.1) is 0 Å². The molecule has 0 saturated heterocycles. The molecule has 2 aromatic rings. The Morgan fingerprint density at radius 2 is 1.55 bits per heavy atom. The van der Waals surface area contributed by atoms with Crippen molar-refractivity contribution in [3.05, 3.63) is 80.8 Å². The fourth-order valence-corrected chi connectivity index (χ4v) is 2.41. The molecule has 0 spiro atoms. The summed E-state index contributed by atoms with van der Waals surface area (Å²) in [6.45, 7) is 0. The molecule has 22 heavy (non-hydrogen) atoms. The summed E-state index contributed by atoms with van der Waals surface area (Å²) in [6, 6.07) is 12.2. The lowest BCUT2D eigenvalue weighted by atomic mass is 10.0. The molecular weight excluding hydrogens is 343 g/mol. The van der Waals surface area contributed by atoms with E-state index in [-0.39, 0.29) is 0 Å². The number of hydrogen-bond donors (Lipinski definition) is 1. The molecule has 0 fully saturated rings. The van der Waals surface area contributed by atoms with E-state index in [2.05, 4.69) is 0 Å². The molecule has 0 aromatic heterocycles. The van der Waals surface area contributed by atoms with Crippen molar-refractivity contribution >= 4 is 52.4 Å². The summed E-state index contributed by atoms with van der Waals surface area (Å²) >= 11 is 17.9. The third-order valence-electron chi connectivity index (χ3n) is 2.86. The third kappa shape index (κ3) is 4.63. The Labute approximate surface area is 143 Å². The minimum Gasteiger partial charge on any atom is -0.478 e. The van der Waals surface area contributed by atoms with Crippen LogP contribution in [0.3, 0.4) is 0 Å². The lowest BCUT2D eigenvalue weighted by molar-refractivity contribution is -0.131. The standard InChI is InChI=1S/C17H11Cl3O2/c18-14-5-1-11(2-6-14)12(4-8-17(21)22)9-13-3-7-15(19)10-16(13)20/h1-10H,(H,21,22)/b8-4+,12-9-. The van der Waals surface area contributed by atoms with Crippen molar-refractivity contribution in [2.75, 3.05) is 0 Å². The molecule has 0 aliphatic rings. The number of rotatable bonds is 4. The number of hydrogen-bond acceptors (Lipinski definition) is 1. The van der Waals surface area contributed by atoms with Gasteiger partial charge in [-0.05, 0) is 53.1 Å². The van der Waals surface area contributed by atoms with Gasteiger partial charge in [0.2, 0.25) is 0 Å². The zero-order valence-electron chi connectivity index (χ0n) is 11.3. The summed E-state index contributed by atoms with van der Waals surface area (Å²) in [5.74, 6) is -1.03. The molecule has 5 heteroatoms. The second-order valence-electron chi connectivity index (χ2n) is 4.44. The highest BCUT2D eigenvalue weighted by Crippen LogP contribution is 2.27. The first-order valence-corrected chi connectivity index (χ1v) is 7.43. The Balaban J connectivity index is 2.49. The second-order valence-corrected chi connectivity index (χ2v) is 5.72. The van der Waals surface area contributed by atoms with E-state index in [0.717, 1.165) is 17.2 Å². The van der Waals surface area contributed by atoms with E-state index in [0.29, 0.717) is 20.6 Å². The van der Waals surface area contributed by atoms with Crippen molar-refractivity contribution in [1.82, 2.24) is 0 Å². The van der Waals surface area contributed by atoms with E-state index >= 15 is 0 Å².